The standard InChI is InChI=1S/C10H18N4OS2/c1-5-11-9-14-13-8(17-9)7(15)12-6-10(2,3)16-4/h5-6H2,1-4H3,(H,11,14)(H,12,15). The minimum Gasteiger partial charge on any atom is -0.360 e. The molecule has 0 aliphatic heterocycles. The molecule has 0 atom stereocenters. The number of aromatic nitrogens is 2. The van der Waals surface area contributed by atoms with Crippen molar-refractivity contribution in [2.24, 2.45) is 0 Å². The molecule has 0 unspecified atom stereocenters. The van der Waals surface area contributed by atoms with E-state index in [4.69, 9.17) is 0 Å². The number of thioether (sulfide) groups is 1. The van der Waals surface area contributed by atoms with Crippen LogP contribution in [0.15, 0.2) is 0 Å². The third-order valence-corrected chi connectivity index (χ3v) is 4.30. The Labute approximate surface area is 110 Å². The molecule has 1 aromatic heterocycles. The van der Waals surface area contributed by atoms with Gasteiger partial charge in [0.25, 0.3) is 5.91 Å². The van der Waals surface area contributed by atoms with E-state index < -0.39 is 0 Å². The van der Waals surface area contributed by atoms with Crippen LogP contribution in [0.2, 0.25) is 0 Å². The molecule has 0 saturated carbocycles. The van der Waals surface area contributed by atoms with E-state index >= 15 is 0 Å². The van der Waals surface area contributed by atoms with Gasteiger partial charge in [-0.3, -0.25) is 4.79 Å². The second-order valence-electron chi connectivity index (χ2n) is 4.09. The van der Waals surface area contributed by atoms with Gasteiger partial charge in [-0.2, -0.15) is 11.8 Å². The number of carbonyl (C=O) groups is 1. The maximum Gasteiger partial charge on any atom is 0.282 e. The van der Waals surface area contributed by atoms with Crippen LogP contribution in [-0.4, -0.2) is 40.2 Å². The number of nitrogens with one attached hydrogen (secondary N) is 2. The molecule has 17 heavy (non-hydrogen) atoms. The van der Waals surface area contributed by atoms with Crippen molar-refractivity contribution >= 4 is 34.1 Å². The second-order valence-corrected chi connectivity index (χ2v) is 6.58. The van der Waals surface area contributed by atoms with Crippen LogP contribution in [0.4, 0.5) is 5.13 Å². The van der Waals surface area contributed by atoms with Crippen LogP contribution >= 0.6 is 23.1 Å². The van der Waals surface area contributed by atoms with Gasteiger partial charge in [0, 0.05) is 17.8 Å². The molecule has 1 aromatic rings. The van der Waals surface area contributed by atoms with Crippen LogP contribution in [-0.2, 0) is 0 Å². The van der Waals surface area contributed by atoms with Crippen LogP contribution in [0.5, 0.6) is 0 Å². The van der Waals surface area contributed by atoms with E-state index in [-0.39, 0.29) is 10.7 Å². The van der Waals surface area contributed by atoms with Gasteiger partial charge >= 0.3 is 0 Å². The molecule has 0 radical (unpaired) electrons. The Morgan fingerprint density at radius 3 is 2.76 bits per heavy atom. The quantitative estimate of drug-likeness (QED) is 0.828. The Hall–Kier alpha value is -0.820. The van der Waals surface area contributed by atoms with Gasteiger partial charge in [-0.25, -0.2) is 0 Å². The predicted octanol–water partition coefficient (Wildman–Crippen LogP) is 1.84. The van der Waals surface area contributed by atoms with E-state index in [0.717, 1.165) is 6.54 Å². The highest BCUT2D eigenvalue weighted by molar-refractivity contribution is 7.99. The number of rotatable bonds is 6. The molecular formula is C10H18N4OS2. The first-order valence-corrected chi connectivity index (χ1v) is 7.43. The fourth-order valence-corrected chi connectivity index (χ4v) is 1.92. The van der Waals surface area contributed by atoms with Crippen molar-refractivity contribution < 1.29 is 4.79 Å². The molecule has 5 nitrogen and oxygen atoms in total. The lowest BCUT2D eigenvalue weighted by atomic mass is 10.2. The maximum absolute atomic E-state index is 11.8. The maximum atomic E-state index is 11.8. The lowest BCUT2D eigenvalue weighted by Crippen LogP contribution is -2.36. The number of nitrogens with zero attached hydrogens (tertiary/aromatic N) is 2. The van der Waals surface area contributed by atoms with Crippen LogP contribution in [0.25, 0.3) is 0 Å². The molecule has 0 aliphatic rings. The van der Waals surface area contributed by atoms with Crippen molar-refractivity contribution in [3.8, 4) is 0 Å². The molecule has 0 spiro atoms. The third-order valence-electron chi connectivity index (χ3n) is 2.17. The molecule has 0 aromatic carbocycles. The van der Waals surface area contributed by atoms with E-state index in [1.54, 1.807) is 11.8 Å². The zero-order valence-corrected chi connectivity index (χ0v) is 12.2. The van der Waals surface area contributed by atoms with Gasteiger partial charge in [0.1, 0.15) is 0 Å². The summed E-state index contributed by atoms with van der Waals surface area (Å²) in [7, 11) is 0. The van der Waals surface area contributed by atoms with Gasteiger partial charge in [-0.15, -0.1) is 10.2 Å². The molecule has 1 rings (SSSR count). The number of hydrogen-bond acceptors (Lipinski definition) is 6. The summed E-state index contributed by atoms with van der Waals surface area (Å²) in [5.41, 5.74) is 0. The summed E-state index contributed by atoms with van der Waals surface area (Å²) in [6, 6.07) is 0. The Bertz CT molecular complexity index is 378. The molecule has 7 heteroatoms. The van der Waals surface area contributed by atoms with Gasteiger partial charge in [0.2, 0.25) is 10.1 Å². The van der Waals surface area contributed by atoms with Crippen molar-refractivity contribution in [1.29, 1.82) is 0 Å². The summed E-state index contributed by atoms with van der Waals surface area (Å²) in [6.07, 6.45) is 2.03. The third kappa shape index (κ3) is 4.51. The normalized spacial score (nSPS) is 11.3. The van der Waals surface area contributed by atoms with Gasteiger partial charge < -0.3 is 10.6 Å². The van der Waals surface area contributed by atoms with Crippen molar-refractivity contribution in [1.82, 2.24) is 15.5 Å². The molecule has 96 valence electrons. The Morgan fingerprint density at radius 2 is 2.18 bits per heavy atom. The van der Waals surface area contributed by atoms with Crippen LogP contribution in [0.3, 0.4) is 0 Å². The van der Waals surface area contributed by atoms with E-state index in [2.05, 4.69) is 34.7 Å². The molecule has 1 heterocycles. The molecule has 1 amide bonds. The molecular weight excluding hydrogens is 256 g/mol. The number of hydrogen-bond donors (Lipinski definition) is 2. The summed E-state index contributed by atoms with van der Waals surface area (Å²) in [5, 5.41) is 14.7. The predicted molar refractivity (Wildman–Crippen MR) is 74.0 cm³/mol. The molecule has 0 aliphatic carbocycles. The lowest BCUT2D eigenvalue weighted by molar-refractivity contribution is 0.0949. The highest BCUT2D eigenvalue weighted by Crippen LogP contribution is 2.20. The highest BCUT2D eigenvalue weighted by Gasteiger charge is 2.19. The Kier molecular flexibility index (Phi) is 5.20. The highest BCUT2D eigenvalue weighted by atomic mass is 32.2. The van der Waals surface area contributed by atoms with E-state index in [0.29, 0.717) is 16.7 Å². The minimum absolute atomic E-state index is 0.0326. The summed E-state index contributed by atoms with van der Waals surface area (Å²) in [5.74, 6) is -0.159. The summed E-state index contributed by atoms with van der Waals surface area (Å²) >= 11 is 2.99. The monoisotopic (exact) mass is 274 g/mol. The first kappa shape index (κ1) is 14.2. The second kappa shape index (κ2) is 6.20. The largest absolute Gasteiger partial charge is 0.360 e. The van der Waals surface area contributed by atoms with Gasteiger partial charge in [-0.1, -0.05) is 11.3 Å². The van der Waals surface area contributed by atoms with Gasteiger partial charge in [0.15, 0.2) is 0 Å². The average molecular weight is 274 g/mol. The fraction of sp³-hybridized carbons (Fsp3) is 0.700. The number of carbonyl (C=O) groups excluding carboxylic acids is 1. The SMILES string of the molecule is CCNc1nnc(C(=O)NCC(C)(C)SC)s1. The molecule has 2 N–H and O–H groups in total. The Balaban J connectivity index is 2.52. The molecule has 0 bridgehead atoms. The zero-order chi connectivity index (χ0) is 12.9. The van der Waals surface area contributed by atoms with Crippen molar-refractivity contribution in [2.75, 3.05) is 24.7 Å². The molecule has 0 saturated heterocycles. The average Bonchev–Trinajstić information content (AvgIpc) is 2.75. The van der Waals surface area contributed by atoms with Crippen molar-refractivity contribution in [2.45, 2.75) is 25.5 Å². The summed E-state index contributed by atoms with van der Waals surface area (Å²) in [6.45, 7) is 7.53. The van der Waals surface area contributed by atoms with Crippen molar-refractivity contribution in [3.63, 3.8) is 0 Å². The van der Waals surface area contributed by atoms with Crippen molar-refractivity contribution in [3.05, 3.63) is 5.01 Å². The van der Waals surface area contributed by atoms with E-state index in [1.165, 1.54) is 11.3 Å². The first-order valence-electron chi connectivity index (χ1n) is 5.39. The lowest BCUT2D eigenvalue weighted by Gasteiger charge is -2.21. The summed E-state index contributed by atoms with van der Waals surface area (Å²) < 4.78 is 0.0326. The fourth-order valence-electron chi connectivity index (χ4n) is 0.979. The first-order chi connectivity index (χ1) is 7.98. The number of amides is 1. The van der Waals surface area contributed by atoms with Crippen LogP contribution < -0.4 is 10.6 Å². The van der Waals surface area contributed by atoms with Gasteiger partial charge in [0.05, 0.1) is 0 Å². The summed E-state index contributed by atoms with van der Waals surface area (Å²) in [4.78, 5) is 11.8. The smallest absolute Gasteiger partial charge is 0.282 e. The van der Waals surface area contributed by atoms with Crippen LogP contribution in [0.1, 0.15) is 30.6 Å². The zero-order valence-electron chi connectivity index (χ0n) is 10.5. The minimum atomic E-state index is -0.159. The Morgan fingerprint density at radius 1 is 1.47 bits per heavy atom. The number of anilines is 1. The van der Waals surface area contributed by atoms with Crippen LogP contribution in [0, 0.1) is 0 Å². The molecule has 0 fully saturated rings. The van der Waals surface area contributed by atoms with Gasteiger partial charge in [-0.05, 0) is 27.0 Å². The topological polar surface area (TPSA) is 66.9 Å². The van der Waals surface area contributed by atoms with E-state index in [1.807, 2.05) is 13.2 Å². The van der Waals surface area contributed by atoms with E-state index in [9.17, 15) is 4.79 Å².